The van der Waals surface area contributed by atoms with Crippen molar-refractivity contribution in [1.29, 1.82) is 0 Å². The average Bonchev–Trinajstić information content (AvgIpc) is 2.65. The Labute approximate surface area is 170 Å². The number of hydrogen-bond acceptors (Lipinski definition) is 5. The number of fused-ring (bicyclic) bond motifs is 1. The van der Waals surface area contributed by atoms with E-state index in [0.717, 1.165) is 27.6 Å². The molecule has 0 fully saturated rings. The van der Waals surface area contributed by atoms with E-state index in [2.05, 4.69) is 13.8 Å². The molecule has 152 valence electrons. The summed E-state index contributed by atoms with van der Waals surface area (Å²) in [5, 5.41) is 0.766. The lowest BCUT2D eigenvalue weighted by Gasteiger charge is -2.14. The Balaban J connectivity index is 1.71. The summed E-state index contributed by atoms with van der Waals surface area (Å²) < 4.78 is 16.4. The Morgan fingerprint density at radius 3 is 2.48 bits per heavy atom. The van der Waals surface area contributed by atoms with Crippen LogP contribution in [0.5, 0.6) is 5.75 Å². The maximum absolute atomic E-state index is 12.2. The quantitative estimate of drug-likeness (QED) is 0.436. The molecule has 1 heterocycles. The lowest BCUT2D eigenvalue weighted by Crippen LogP contribution is -2.16. The summed E-state index contributed by atoms with van der Waals surface area (Å²) in [6.07, 6.45) is 0. The molecule has 0 aliphatic carbocycles. The van der Waals surface area contributed by atoms with Crippen LogP contribution >= 0.6 is 0 Å². The Bertz CT molecular complexity index is 1110. The zero-order valence-corrected chi connectivity index (χ0v) is 17.5. The Morgan fingerprint density at radius 1 is 1.03 bits per heavy atom. The third kappa shape index (κ3) is 4.86. The van der Waals surface area contributed by atoms with Crippen molar-refractivity contribution >= 4 is 16.9 Å². The molecule has 3 aromatic rings. The third-order valence-electron chi connectivity index (χ3n) is 4.97. The molecule has 0 radical (unpaired) electrons. The molecule has 0 aliphatic rings. The number of aryl methyl sites for hydroxylation is 3. The molecular weight excluding hydrogens is 368 g/mol. The first-order chi connectivity index (χ1) is 13.7. The molecule has 0 spiro atoms. The van der Waals surface area contributed by atoms with E-state index in [9.17, 15) is 9.59 Å². The predicted octanol–water partition coefficient (Wildman–Crippen LogP) is 4.96. The maximum Gasteiger partial charge on any atom is 0.344 e. The van der Waals surface area contributed by atoms with E-state index in [-0.39, 0.29) is 19.1 Å². The van der Waals surface area contributed by atoms with Gasteiger partial charge in [-0.2, -0.15) is 0 Å². The highest BCUT2D eigenvalue weighted by Crippen LogP contribution is 2.27. The van der Waals surface area contributed by atoms with Crippen molar-refractivity contribution in [3.8, 4) is 5.75 Å². The summed E-state index contributed by atoms with van der Waals surface area (Å²) in [4.78, 5) is 24.1. The minimum absolute atomic E-state index is 0.0162. The van der Waals surface area contributed by atoms with E-state index < -0.39 is 11.6 Å². The normalized spacial score (nSPS) is 11.1. The highest BCUT2D eigenvalue weighted by atomic mass is 16.6. The fraction of sp³-hybridized carbons (Fsp3) is 0.333. The van der Waals surface area contributed by atoms with Crippen LogP contribution in [0.1, 0.15) is 47.6 Å². The summed E-state index contributed by atoms with van der Waals surface area (Å²) >= 11 is 0. The van der Waals surface area contributed by atoms with Crippen LogP contribution < -0.4 is 10.4 Å². The van der Waals surface area contributed by atoms with E-state index >= 15 is 0 Å². The van der Waals surface area contributed by atoms with Gasteiger partial charge in [0.05, 0.1) is 0 Å². The molecule has 5 heteroatoms. The van der Waals surface area contributed by atoms with E-state index in [0.29, 0.717) is 16.9 Å². The van der Waals surface area contributed by atoms with Crippen LogP contribution in [-0.4, -0.2) is 12.6 Å². The molecule has 0 saturated heterocycles. The van der Waals surface area contributed by atoms with Crippen molar-refractivity contribution in [2.24, 2.45) is 0 Å². The minimum atomic E-state index is -0.494. The van der Waals surface area contributed by atoms with Gasteiger partial charge in [0.25, 0.3) is 0 Å². The molecule has 0 saturated carbocycles. The van der Waals surface area contributed by atoms with Gasteiger partial charge in [-0.1, -0.05) is 26.0 Å². The van der Waals surface area contributed by atoms with Gasteiger partial charge < -0.3 is 13.9 Å². The van der Waals surface area contributed by atoms with Crippen LogP contribution in [0, 0.1) is 20.8 Å². The van der Waals surface area contributed by atoms with Crippen LogP contribution in [0.4, 0.5) is 0 Å². The van der Waals surface area contributed by atoms with Gasteiger partial charge >= 0.3 is 11.6 Å². The Kier molecular flexibility index (Phi) is 6.06. The molecule has 2 aromatic carbocycles. The summed E-state index contributed by atoms with van der Waals surface area (Å²) in [5.41, 5.74) is 4.84. The monoisotopic (exact) mass is 394 g/mol. The average molecular weight is 394 g/mol. The zero-order valence-electron chi connectivity index (χ0n) is 17.5. The van der Waals surface area contributed by atoms with Gasteiger partial charge in [-0.05, 0) is 67.1 Å². The topological polar surface area (TPSA) is 65.7 Å². The standard InChI is InChI=1S/C24H26O5/c1-14(2)19-7-6-15(3)8-21(19)27-13-24(26)28-12-18-11-23(25)29-22-10-17(5)16(4)9-20(18)22/h6-11,14H,12-13H2,1-5H3. The van der Waals surface area contributed by atoms with Gasteiger partial charge in [-0.15, -0.1) is 0 Å². The Morgan fingerprint density at radius 2 is 1.76 bits per heavy atom. The fourth-order valence-electron chi connectivity index (χ4n) is 3.18. The fourth-order valence-corrected chi connectivity index (χ4v) is 3.18. The minimum Gasteiger partial charge on any atom is -0.482 e. The Hall–Kier alpha value is -3.08. The van der Waals surface area contributed by atoms with Gasteiger partial charge in [0, 0.05) is 17.0 Å². The van der Waals surface area contributed by atoms with Crippen LogP contribution in [0.2, 0.25) is 0 Å². The lowest BCUT2D eigenvalue weighted by molar-refractivity contribution is -0.147. The predicted molar refractivity (Wildman–Crippen MR) is 113 cm³/mol. The number of ether oxygens (including phenoxy) is 2. The molecule has 1 aromatic heterocycles. The van der Waals surface area contributed by atoms with Crippen molar-refractivity contribution in [3.63, 3.8) is 0 Å². The lowest BCUT2D eigenvalue weighted by atomic mass is 10.0. The molecule has 29 heavy (non-hydrogen) atoms. The summed E-state index contributed by atoms with van der Waals surface area (Å²) in [6.45, 7) is 9.86. The number of rotatable bonds is 6. The van der Waals surface area contributed by atoms with Crippen LogP contribution in [0.25, 0.3) is 11.0 Å². The van der Waals surface area contributed by atoms with Crippen LogP contribution in [0.3, 0.4) is 0 Å². The number of carbonyl (C=O) groups excluding carboxylic acids is 1. The second-order valence-corrected chi connectivity index (χ2v) is 7.67. The number of hydrogen-bond donors (Lipinski definition) is 0. The molecule has 0 unspecified atom stereocenters. The van der Waals surface area contributed by atoms with Crippen LogP contribution in [-0.2, 0) is 16.1 Å². The molecule has 0 aliphatic heterocycles. The summed E-state index contributed by atoms with van der Waals surface area (Å²) in [6, 6.07) is 11.1. The van der Waals surface area contributed by atoms with Crippen molar-refractivity contribution in [3.05, 3.63) is 74.6 Å². The number of carbonyl (C=O) groups is 1. The van der Waals surface area contributed by atoms with Crippen molar-refractivity contribution in [2.75, 3.05) is 6.61 Å². The number of benzene rings is 2. The molecule has 5 nitrogen and oxygen atoms in total. The second kappa shape index (κ2) is 8.52. The van der Waals surface area contributed by atoms with Crippen LogP contribution in [0.15, 0.2) is 45.6 Å². The molecule has 0 atom stereocenters. The molecule has 0 bridgehead atoms. The summed E-state index contributed by atoms with van der Waals surface area (Å²) in [7, 11) is 0. The first kappa shape index (κ1) is 20.6. The molecular formula is C24H26O5. The first-order valence-corrected chi connectivity index (χ1v) is 9.67. The molecule has 3 rings (SSSR count). The van der Waals surface area contributed by atoms with E-state index in [4.69, 9.17) is 13.9 Å². The van der Waals surface area contributed by atoms with E-state index in [1.165, 1.54) is 6.07 Å². The smallest absolute Gasteiger partial charge is 0.344 e. The van der Waals surface area contributed by atoms with Crippen molar-refractivity contribution in [2.45, 2.75) is 47.1 Å². The van der Waals surface area contributed by atoms with Gasteiger partial charge in [-0.3, -0.25) is 0 Å². The largest absolute Gasteiger partial charge is 0.482 e. The maximum atomic E-state index is 12.2. The van der Waals surface area contributed by atoms with Crippen molar-refractivity contribution in [1.82, 2.24) is 0 Å². The van der Waals surface area contributed by atoms with Gasteiger partial charge in [-0.25, -0.2) is 9.59 Å². The molecule has 0 N–H and O–H groups in total. The number of esters is 1. The zero-order chi connectivity index (χ0) is 21.1. The highest BCUT2D eigenvalue weighted by molar-refractivity contribution is 5.82. The highest BCUT2D eigenvalue weighted by Gasteiger charge is 2.13. The first-order valence-electron chi connectivity index (χ1n) is 9.67. The SMILES string of the molecule is Cc1ccc(C(C)C)c(OCC(=O)OCc2cc(=O)oc3cc(C)c(C)cc23)c1. The van der Waals surface area contributed by atoms with E-state index in [1.54, 1.807) is 0 Å². The van der Waals surface area contributed by atoms with Gasteiger partial charge in [0.2, 0.25) is 0 Å². The summed E-state index contributed by atoms with van der Waals surface area (Å²) in [5.74, 6) is 0.475. The van der Waals surface area contributed by atoms with Crippen molar-refractivity contribution < 1.29 is 18.7 Å². The van der Waals surface area contributed by atoms with Gasteiger partial charge in [0.1, 0.15) is 17.9 Å². The van der Waals surface area contributed by atoms with E-state index in [1.807, 2.05) is 51.1 Å². The third-order valence-corrected chi connectivity index (χ3v) is 4.97. The van der Waals surface area contributed by atoms with Gasteiger partial charge in [0.15, 0.2) is 6.61 Å². The second-order valence-electron chi connectivity index (χ2n) is 7.67. The molecule has 0 amide bonds.